The molecule has 0 spiro atoms. The normalized spacial score (nSPS) is 22.8. The number of nitrogens with zero attached hydrogens (tertiary/aromatic N) is 1. The maximum absolute atomic E-state index is 14.0. The average molecular weight is 282 g/mol. The lowest BCUT2D eigenvalue weighted by atomic mass is 10.0. The molecule has 0 bridgehead atoms. The van der Waals surface area contributed by atoms with Gasteiger partial charge in [-0.15, -0.1) is 0 Å². The van der Waals surface area contributed by atoms with Gasteiger partial charge < -0.3 is 15.2 Å². The number of ether oxygens (including phenoxy) is 2. The van der Waals surface area contributed by atoms with Crippen LogP contribution in [0.1, 0.15) is 19.4 Å². The Balaban J connectivity index is 2.09. The van der Waals surface area contributed by atoms with E-state index in [0.717, 1.165) is 13.1 Å². The molecule has 1 aromatic carbocycles. The van der Waals surface area contributed by atoms with E-state index in [1.165, 1.54) is 13.2 Å². The molecule has 1 saturated heterocycles. The fourth-order valence-corrected chi connectivity index (χ4v) is 2.68. The molecule has 1 atom stereocenters. The van der Waals surface area contributed by atoms with Crippen molar-refractivity contribution in [3.05, 3.63) is 29.6 Å². The molecule has 20 heavy (non-hydrogen) atoms. The summed E-state index contributed by atoms with van der Waals surface area (Å²) in [6.07, 6.45) is 0.0000552. The second-order valence-electron chi connectivity index (χ2n) is 5.86. The molecule has 5 heteroatoms. The van der Waals surface area contributed by atoms with Crippen LogP contribution in [0.25, 0.3) is 0 Å². The summed E-state index contributed by atoms with van der Waals surface area (Å²) in [6, 6.07) is 4.97. The summed E-state index contributed by atoms with van der Waals surface area (Å²) >= 11 is 0. The molecule has 0 aromatic heterocycles. The van der Waals surface area contributed by atoms with Crippen molar-refractivity contribution in [2.45, 2.75) is 32.1 Å². The molecule has 1 fully saturated rings. The van der Waals surface area contributed by atoms with Crippen LogP contribution < -0.4 is 10.5 Å². The van der Waals surface area contributed by atoms with Crippen molar-refractivity contribution in [1.82, 2.24) is 4.90 Å². The molecular formula is C15H23FN2O2. The van der Waals surface area contributed by atoms with Gasteiger partial charge in [-0.1, -0.05) is 6.07 Å². The van der Waals surface area contributed by atoms with Gasteiger partial charge in [0.2, 0.25) is 0 Å². The molecule has 1 aliphatic heterocycles. The molecule has 0 radical (unpaired) electrons. The zero-order chi connectivity index (χ0) is 14.8. The predicted molar refractivity (Wildman–Crippen MR) is 76.2 cm³/mol. The van der Waals surface area contributed by atoms with Crippen LogP contribution in [0.5, 0.6) is 5.75 Å². The molecule has 2 N–H and O–H groups in total. The Morgan fingerprint density at radius 2 is 2.25 bits per heavy atom. The minimum atomic E-state index is -0.259. The highest BCUT2D eigenvalue weighted by Gasteiger charge is 2.32. The van der Waals surface area contributed by atoms with Crippen LogP contribution in [0.15, 0.2) is 18.2 Å². The van der Waals surface area contributed by atoms with Crippen LogP contribution in [0.2, 0.25) is 0 Å². The number of methoxy groups -OCH3 is 1. The van der Waals surface area contributed by atoms with Gasteiger partial charge >= 0.3 is 0 Å². The Kier molecular flexibility index (Phi) is 4.62. The van der Waals surface area contributed by atoms with Gasteiger partial charge in [-0.25, -0.2) is 4.39 Å². The maximum Gasteiger partial charge on any atom is 0.131 e. The standard InChI is InChI=1S/C15H23FN2O2/c1-15(2)10-18(9-13(7-17)20-15)8-11-4-5-12(19-3)6-14(11)16/h4-6,13H,7-10,17H2,1-3H3. The van der Waals surface area contributed by atoms with Gasteiger partial charge in [-0.2, -0.15) is 0 Å². The predicted octanol–water partition coefficient (Wildman–Crippen LogP) is 1.77. The minimum Gasteiger partial charge on any atom is -0.497 e. The SMILES string of the molecule is COc1ccc(CN2CC(CN)OC(C)(C)C2)c(F)c1. The quantitative estimate of drug-likeness (QED) is 0.914. The Labute approximate surface area is 119 Å². The second-order valence-corrected chi connectivity index (χ2v) is 5.86. The molecule has 1 heterocycles. The topological polar surface area (TPSA) is 47.7 Å². The van der Waals surface area contributed by atoms with Gasteiger partial charge in [0, 0.05) is 37.8 Å². The first-order valence-electron chi connectivity index (χ1n) is 6.86. The van der Waals surface area contributed by atoms with Crippen molar-refractivity contribution in [2.24, 2.45) is 5.73 Å². The fraction of sp³-hybridized carbons (Fsp3) is 0.600. The monoisotopic (exact) mass is 282 g/mol. The van der Waals surface area contributed by atoms with Gasteiger partial charge in [0.15, 0.2) is 0 Å². The zero-order valence-electron chi connectivity index (χ0n) is 12.4. The Morgan fingerprint density at radius 1 is 1.50 bits per heavy atom. The largest absolute Gasteiger partial charge is 0.497 e. The molecule has 0 amide bonds. The first-order chi connectivity index (χ1) is 9.43. The number of rotatable bonds is 4. The molecule has 1 aromatic rings. The van der Waals surface area contributed by atoms with Crippen molar-refractivity contribution in [3.63, 3.8) is 0 Å². The van der Waals surface area contributed by atoms with E-state index < -0.39 is 0 Å². The van der Waals surface area contributed by atoms with Crippen LogP contribution in [0.4, 0.5) is 4.39 Å². The number of benzene rings is 1. The summed E-state index contributed by atoms with van der Waals surface area (Å²) in [5.41, 5.74) is 6.11. The molecule has 1 aliphatic rings. The van der Waals surface area contributed by atoms with E-state index in [4.69, 9.17) is 15.2 Å². The summed E-state index contributed by atoms with van der Waals surface area (Å²) in [5.74, 6) is 0.298. The molecular weight excluding hydrogens is 259 g/mol. The molecule has 0 saturated carbocycles. The molecule has 1 unspecified atom stereocenters. The van der Waals surface area contributed by atoms with Gasteiger partial charge in [0.05, 0.1) is 18.8 Å². The summed E-state index contributed by atoms with van der Waals surface area (Å²) in [7, 11) is 1.53. The van der Waals surface area contributed by atoms with Gasteiger partial charge in [-0.05, 0) is 19.9 Å². The second kappa shape index (κ2) is 6.08. The van der Waals surface area contributed by atoms with E-state index in [-0.39, 0.29) is 17.5 Å². The number of morpholine rings is 1. The number of hydrogen-bond donors (Lipinski definition) is 1. The molecule has 2 rings (SSSR count). The number of halogens is 1. The molecule has 0 aliphatic carbocycles. The van der Waals surface area contributed by atoms with E-state index in [2.05, 4.69) is 4.90 Å². The average Bonchev–Trinajstić information content (AvgIpc) is 2.39. The van der Waals surface area contributed by atoms with Crippen molar-refractivity contribution in [1.29, 1.82) is 0 Å². The number of nitrogens with two attached hydrogens (primary N) is 1. The summed E-state index contributed by atoms with van der Waals surface area (Å²) in [5, 5.41) is 0. The molecule has 112 valence electrons. The van der Waals surface area contributed by atoms with E-state index in [9.17, 15) is 4.39 Å². The lowest BCUT2D eigenvalue weighted by Crippen LogP contribution is -2.54. The van der Waals surface area contributed by atoms with E-state index in [1.807, 2.05) is 13.8 Å². The molecule has 4 nitrogen and oxygen atoms in total. The summed E-state index contributed by atoms with van der Waals surface area (Å²) < 4.78 is 24.9. The van der Waals surface area contributed by atoms with Crippen LogP contribution >= 0.6 is 0 Å². The van der Waals surface area contributed by atoms with E-state index in [1.54, 1.807) is 12.1 Å². The van der Waals surface area contributed by atoms with E-state index >= 15 is 0 Å². The van der Waals surface area contributed by atoms with Crippen LogP contribution in [-0.2, 0) is 11.3 Å². The lowest BCUT2D eigenvalue weighted by Gasteiger charge is -2.42. The minimum absolute atomic E-state index is 0.0000552. The highest BCUT2D eigenvalue weighted by atomic mass is 19.1. The van der Waals surface area contributed by atoms with Crippen molar-refractivity contribution in [2.75, 3.05) is 26.7 Å². The summed E-state index contributed by atoms with van der Waals surface area (Å²) in [4.78, 5) is 2.19. The third-order valence-corrected chi connectivity index (χ3v) is 3.47. The maximum atomic E-state index is 14.0. The smallest absolute Gasteiger partial charge is 0.131 e. The van der Waals surface area contributed by atoms with Crippen LogP contribution in [0.3, 0.4) is 0 Å². The first-order valence-corrected chi connectivity index (χ1v) is 6.86. The van der Waals surface area contributed by atoms with E-state index in [0.29, 0.717) is 24.4 Å². The van der Waals surface area contributed by atoms with Crippen molar-refractivity contribution >= 4 is 0 Å². The Hall–Kier alpha value is -1.17. The highest BCUT2D eigenvalue weighted by Crippen LogP contribution is 2.24. The lowest BCUT2D eigenvalue weighted by molar-refractivity contribution is -0.134. The third-order valence-electron chi connectivity index (χ3n) is 3.47. The Morgan fingerprint density at radius 3 is 2.85 bits per heavy atom. The fourth-order valence-electron chi connectivity index (χ4n) is 2.68. The van der Waals surface area contributed by atoms with Gasteiger partial charge in [0.25, 0.3) is 0 Å². The van der Waals surface area contributed by atoms with Crippen molar-refractivity contribution < 1.29 is 13.9 Å². The van der Waals surface area contributed by atoms with Crippen molar-refractivity contribution in [3.8, 4) is 5.75 Å². The Bertz CT molecular complexity index is 465. The van der Waals surface area contributed by atoms with Crippen LogP contribution in [0, 0.1) is 5.82 Å². The van der Waals surface area contributed by atoms with Crippen LogP contribution in [-0.4, -0.2) is 43.3 Å². The van der Waals surface area contributed by atoms with Gasteiger partial charge in [0.1, 0.15) is 11.6 Å². The van der Waals surface area contributed by atoms with Gasteiger partial charge in [-0.3, -0.25) is 4.90 Å². The third kappa shape index (κ3) is 3.69. The zero-order valence-corrected chi connectivity index (χ0v) is 12.4. The number of hydrogen-bond acceptors (Lipinski definition) is 4. The summed E-state index contributed by atoms with van der Waals surface area (Å²) in [6.45, 7) is 6.59. The highest BCUT2D eigenvalue weighted by molar-refractivity contribution is 5.28. The first kappa shape index (κ1) is 15.2.